The molecule has 136 valence electrons. The molecular weight excluding hydrogens is 326 g/mol. The van der Waals surface area contributed by atoms with Crippen molar-refractivity contribution in [2.75, 3.05) is 31.6 Å². The van der Waals surface area contributed by atoms with E-state index >= 15 is 0 Å². The molecule has 0 aromatic heterocycles. The lowest BCUT2D eigenvalue weighted by atomic mass is 10.0. The highest BCUT2D eigenvalue weighted by Crippen LogP contribution is 2.19. The summed E-state index contributed by atoms with van der Waals surface area (Å²) in [6, 6.07) is 16.9. The lowest BCUT2D eigenvalue weighted by Crippen LogP contribution is -2.26. The highest BCUT2D eigenvalue weighted by atomic mass is 16.5. The topological polar surface area (TPSA) is 54.9 Å². The van der Waals surface area contributed by atoms with Crippen LogP contribution in [0.2, 0.25) is 0 Å². The number of nitrogens with one attached hydrogen (secondary N) is 2. The highest BCUT2D eigenvalue weighted by molar-refractivity contribution is 5.94. The number of aliphatic imine (C=N–C) groups is 1. The standard InChI is InChI=1S/C21H25N3O2/c1-2-20(25-13-1)15-26-19-9-5-17(6-10-19)14-16-3-7-18(8-4-16)24-21-22-11-12-23-21/h3-10,20H,1-2,11-15H2,(H2,22,23,24). The third kappa shape index (κ3) is 4.55. The minimum Gasteiger partial charge on any atom is -0.491 e. The second-order valence-corrected chi connectivity index (χ2v) is 6.75. The van der Waals surface area contributed by atoms with E-state index in [-0.39, 0.29) is 6.10 Å². The van der Waals surface area contributed by atoms with Crippen LogP contribution in [0.4, 0.5) is 5.69 Å². The molecule has 1 unspecified atom stereocenters. The maximum absolute atomic E-state index is 5.82. The molecule has 2 aromatic rings. The number of anilines is 1. The van der Waals surface area contributed by atoms with E-state index in [0.29, 0.717) is 6.61 Å². The Kier molecular flexibility index (Phi) is 5.36. The first-order valence-corrected chi connectivity index (χ1v) is 9.33. The van der Waals surface area contributed by atoms with Gasteiger partial charge in [0, 0.05) is 18.8 Å². The second-order valence-electron chi connectivity index (χ2n) is 6.75. The van der Waals surface area contributed by atoms with E-state index < -0.39 is 0 Å². The molecule has 5 nitrogen and oxygen atoms in total. The number of ether oxygens (including phenoxy) is 2. The van der Waals surface area contributed by atoms with Gasteiger partial charge in [0.1, 0.15) is 12.4 Å². The summed E-state index contributed by atoms with van der Waals surface area (Å²) < 4.78 is 11.4. The first-order valence-electron chi connectivity index (χ1n) is 9.33. The summed E-state index contributed by atoms with van der Waals surface area (Å²) in [5, 5.41) is 6.50. The number of nitrogens with zero attached hydrogens (tertiary/aromatic N) is 1. The van der Waals surface area contributed by atoms with Gasteiger partial charge in [-0.2, -0.15) is 0 Å². The predicted molar refractivity (Wildman–Crippen MR) is 104 cm³/mol. The second kappa shape index (κ2) is 8.23. The fourth-order valence-corrected chi connectivity index (χ4v) is 3.23. The Hall–Kier alpha value is -2.53. The van der Waals surface area contributed by atoms with E-state index in [2.05, 4.69) is 52.0 Å². The number of hydrogen-bond donors (Lipinski definition) is 2. The molecule has 0 bridgehead atoms. The minimum atomic E-state index is 0.257. The first-order chi connectivity index (χ1) is 12.8. The molecule has 26 heavy (non-hydrogen) atoms. The van der Waals surface area contributed by atoms with Crippen molar-refractivity contribution in [2.24, 2.45) is 4.99 Å². The number of benzene rings is 2. The Morgan fingerprint density at radius 1 is 1.08 bits per heavy atom. The van der Waals surface area contributed by atoms with Crippen LogP contribution >= 0.6 is 0 Å². The quantitative estimate of drug-likeness (QED) is 0.839. The van der Waals surface area contributed by atoms with Crippen LogP contribution < -0.4 is 15.4 Å². The monoisotopic (exact) mass is 351 g/mol. The van der Waals surface area contributed by atoms with E-state index in [4.69, 9.17) is 9.47 Å². The summed E-state index contributed by atoms with van der Waals surface area (Å²) in [4.78, 5) is 4.34. The summed E-state index contributed by atoms with van der Waals surface area (Å²) >= 11 is 0. The Balaban J connectivity index is 1.29. The van der Waals surface area contributed by atoms with E-state index in [9.17, 15) is 0 Å². The number of rotatable bonds is 6. The molecule has 1 saturated heterocycles. The molecule has 4 rings (SSSR count). The van der Waals surface area contributed by atoms with Crippen LogP contribution in [0.15, 0.2) is 53.5 Å². The van der Waals surface area contributed by atoms with Crippen molar-refractivity contribution >= 4 is 11.6 Å². The van der Waals surface area contributed by atoms with Crippen LogP contribution in [-0.2, 0) is 11.2 Å². The van der Waals surface area contributed by atoms with Gasteiger partial charge in [-0.15, -0.1) is 0 Å². The van der Waals surface area contributed by atoms with Gasteiger partial charge in [-0.25, -0.2) is 0 Å². The normalized spacial score (nSPS) is 19.1. The van der Waals surface area contributed by atoms with Crippen LogP contribution in [0.3, 0.4) is 0 Å². The van der Waals surface area contributed by atoms with E-state index in [1.165, 1.54) is 11.1 Å². The minimum absolute atomic E-state index is 0.257. The zero-order chi connectivity index (χ0) is 17.6. The molecule has 2 heterocycles. The fraction of sp³-hybridized carbons (Fsp3) is 0.381. The molecule has 5 heteroatoms. The Morgan fingerprint density at radius 2 is 1.85 bits per heavy atom. The van der Waals surface area contributed by atoms with E-state index in [0.717, 1.165) is 56.4 Å². The highest BCUT2D eigenvalue weighted by Gasteiger charge is 2.15. The first kappa shape index (κ1) is 16.9. The van der Waals surface area contributed by atoms with Crippen LogP contribution in [0.5, 0.6) is 5.75 Å². The summed E-state index contributed by atoms with van der Waals surface area (Å²) in [6.45, 7) is 3.27. The maximum Gasteiger partial charge on any atom is 0.195 e. The Labute approximate surface area is 154 Å². The third-order valence-electron chi connectivity index (χ3n) is 4.68. The molecule has 0 saturated carbocycles. The van der Waals surface area contributed by atoms with Crippen molar-refractivity contribution in [2.45, 2.75) is 25.4 Å². The van der Waals surface area contributed by atoms with Crippen molar-refractivity contribution in [3.63, 3.8) is 0 Å². The van der Waals surface area contributed by atoms with Crippen molar-refractivity contribution in [1.29, 1.82) is 0 Å². The predicted octanol–water partition coefficient (Wildman–Crippen LogP) is 3.21. The average Bonchev–Trinajstić information content (AvgIpc) is 3.37. The van der Waals surface area contributed by atoms with Gasteiger partial charge >= 0.3 is 0 Å². The molecule has 2 aromatic carbocycles. The molecular formula is C21H25N3O2. The van der Waals surface area contributed by atoms with Crippen LogP contribution in [-0.4, -0.2) is 38.4 Å². The summed E-state index contributed by atoms with van der Waals surface area (Å²) in [5.41, 5.74) is 3.61. The number of hydrogen-bond acceptors (Lipinski definition) is 5. The number of guanidine groups is 1. The molecule has 0 radical (unpaired) electrons. The van der Waals surface area contributed by atoms with E-state index in [1.54, 1.807) is 0 Å². The zero-order valence-electron chi connectivity index (χ0n) is 14.9. The fourth-order valence-electron chi connectivity index (χ4n) is 3.23. The van der Waals surface area contributed by atoms with Gasteiger partial charge in [-0.05, 0) is 54.7 Å². The zero-order valence-corrected chi connectivity index (χ0v) is 14.9. The Bertz CT molecular complexity index is 735. The Morgan fingerprint density at radius 3 is 2.50 bits per heavy atom. The summed E-state index contributed by atoms with van der Waals surface area (Å²) in [6.07, 6.45) is 3.41. The molecule has 0 spiro atoms. The summed E-state index contributed by atoms with van der Waals surface area (Å²) in [7, 11) is 0. The lowest BCUT2D eigenvalue weighted by molar-refractivity contribution is 0.0679. The van der Waals surface area contributed by atoms with Crippen molar-refractivity contribution in [1.82, 2.24) is 5.32 Å². The molecule has 1 atom stereocenters. The molecule has 1 fully saturated rings. The van der Waals surface area contributed by atoms with Crippen molar-refractivity contribution < 1.29 is 9.47 Å². The van der Waals surface area contributed by atoms with Crippen molar-refractivity contribution in [3.8, 4) is 5.75 Å². The largest absolute Gasteiger partial charge is 0.491 e. The van der Waals surface area contributed by atoms with Gasteiger partial charge in [0.15, 0.2) is 5.96 Å². The van der Waals surface area contributed by atoms with Crippen LogP contribution in [0.25, 0.3) is 0 Å². The maximum atomic E-state index is 5.82. The van der Waals surface area contributed by atoms with Gasteiger partial charge in [-0.1, -0.05) is 24.3 Å². The molecule has 2 N–H and O–H groups in total. The smallest absolute Gasteiger partial charge is 0.195 e. The SMILES string of the molecule is c1cc(NC2=NCCN2)ccc1Cc1ccc(OCC2CCCO2)cc1. The van der Waals surface area contributed by atoms with Gasteiger partial charge in [0.2, 0.25) is 0 Å². The molecule has 2 aliphatic rings. The molecule has 0 amide bonds. The van der Waals surface area contributed by atoms with Gasteiger partial charge in [-0.3, -0.25) is 4.99 Å². The van der Waals surface area contributed by atoms with Gasteiger partial charge in [0.25, 0.3) is 0 Å². The average molecular weight is 351 g/mol. The summed E-state index contributed by atoms with van der Waals surface area (Å²) in [5.74, 6) is 1.77. The van der Waals surface area contributed by atoms with E-state index in [1.807, 2.05) is 12.1 Å². The van der Waals surface area contributed by atoms with Crippen molar-refractivity contribution in [3.05, 3.63) is 59.7 Å². The third-order valence-corrected chi connectivity index (χ3v) is 4.68. The van der Waals surface area contributed by atoms with Crippen LogP contribution in [0.1, 0.15) is 24.0 Å². The van der Waals surface area contributed by atoms with Gasteiger partial charge < -0.3 is 20.1 Å². The molecule has 2 aliphatic heterocycles. The lowest BCUT2D eigenvalue weighted by Gasteiger charge is -2.12. The van der Waals surface area contributed by atoms with Gasteiger partial charge in [0.05, 0.1) is 12.6 Å². The van der Waals surface area contributed by atoms with Crippen LogP contribution in [0, 0.1) is 0 Å². The molecule has 0 aliphatic carbocycles.